The fourth-order valence-corrected chi connectivity index (χ4v) is 3.58. The monoisotopic (exact) mass is 342 g/mol. The molecule has 2 amide bonds. The van der Waals surface area contributed by atoms with Gasteiger partial charge in [0.1, 0.15) is 0 Å². The van der Waals surface area contributed by atoms with E-state index in [1.165, 1.54) is 0 Å². The van der Waals surface area contributed by atoms with Crippen LogP contribution >= 0.6 is 0 Å². The molecule has 132 valence electrons. The number of carbonyl (C=O) groups excluding carboxylic acids is 2. The Morgan fingerprint density at radius 1 is 1.32 bits per heavy atom. The zero-order valence-corrected chi connectivity index (χ0v) is 14.0. The maximum absolute atomic E-state index is 12.5. The number of ether oxygens (including phenoxy) is 1. The molecule has 2 aliphatic heterocycles. The molecular formula is C18H22N4O3. The van der Waals surface area contributed by atoms with E-state index in [4.69, 9.17) is 4.74 Å². The SMILES string of the molecule is O=C(NCC1CCOCC1)C1CC(=O)N(c2n[nH]c3ccccc23)C1. The highest BCUT2D eigenvalue weighted by atomic mass is 16.5. The van der Waals surface area contributed by atoms with E-state index in [9.17, 15) is 9.59 Å². The molecule has 1 aromatic heterocycles. The van der Waals surface area contributed by atoms with Crippen LogP contribution in [0.1, 0.15) is 19.3 Å². The lowest BCUT2D eigenvalue weighted by Crippen LogP contribution is -2.37. The Morgan fingerprint density at radius 3 is 2.96 bits per heavy atom. The van der Waals surface area contributed by atoms with Crippen molar-refractivity contribution in [3.05, 3.63) is 24.3 Å². The normalized spacial score (nSPS) is 21.8. The highest BCUT2D eigenvalue weighted by Gasteiger charge is 2.36. The fourth-order valence-electron chi connectivity index (χ4n) is 3.58. The van der Waals surface area contributed by atoms with E-state index in [1.54, 1.807) is 4.90 Å². The third kappa shape index (κ3) is 3.24. The lowest BCUT2D eigenvalue weighted by Gasteiger charge is -2.22. The zero-order valence-electron chi connectivity index (χ0n) is 14.0. The Bertz CT molecular complexity index is 781. The van der Waals surface area contributed by atoms with Crippen molar-refractivity contribution in [1.29, 1.82) is 0 Å². The number of H-pyrrole nitrogens is 1. The van der Waals surface area contributed by atoms with Gasteiger partial charge in [-0.25, -0.2) is 0 Å². The number of fused-ring (bicyclic) bond motifs is 1. The number of anilines is 1. The molecule has 2 N–H and O–H groups in total. The Morgan fingerprint density at radius 2 is 2.12 bits per heavy atom. The van der Waals surface area contributed by atoms with Gasteiger partial charge in [0.05, 0.1) is 11.4 Å². The summed E-state index contributed by atoms with van der Waals surface area (Å²) in [5.74, 6) is 0.676. The van der Waals surface area contributed by atoms with Crippen molar-refractivity contribution >= 4 is 28.5 Å². The number of rotatable bonds is 4. The van der Waals surface area contributed by atoms with Crippen molar-refractivity contribution in [3.8, 4) is 0 Å². The molecule has 0 radical (unpaired) electrons. The summed E-state index contributed by atoms with van der Waals surface area (Å²) in [6.45, 7) is 2.58. The van der Waals surface area contributed by atoms with Gasteiger partial charge in [-0.05, 0) is 30.9 Å². The molecular weight excluding hydrogens is 320 g/mol. The van der Waals surface area contributed by atoms with Gasteiger partial charge in [-0.3, -0.25) is 19.6 Å². The van der Waals surface area contributed by atoms with Gasteiger partial charge >= 0.3 is 0 Å². The van der Waals surface area contributed by atoms with E-state index in [0.29, 0.717) is 24.8 Å². The molecule has 7 heteroatoms. The summed E-state index contributed by atoms with van der Waals surface area (Å²) in [4.78, 5) is 26.5. The van der Waals surface area contributed by atoms with Crippen LogP contribution in [0.2, 0.25) is 0 Å². The maximum Gasteiger partial charge on any atom is 0.229 e. The second-order valence-electron chi connectivity index (χ2n) is 6.80. The van der Waals surface area contributed by atoms with Crippen LogP contribution in [-0.2, 0) is 14.3 Å². The van der Waals surface area contributed by atoms with Crippen molar-refractivity contribution < 1.29 is 14.3 Å². The van der Waals surface area contributed by atoms with Crippen LogP contribution in [-0.4, -0.2) is 48.3 Å². The molecule has 2 fully saturated rings. The summed E-state index contributed by atoms with van der Waals surface area (Å²) >= 11 is 0. The molecule has 2 saturated heterocycles. The molecule has 0 bridgehead atoms. The van der Waals surface area contributed by atoms with Gasteiger partial charge in [0.15, 0.2) is 5.82 Å². The van der Waals surface area contributed by atoms with Crippen molar-refractivity contribution in [3.63, 3.8) is 0 Å². The lowest BCUT2D eigenvalue weighted by molar-refractivity contribution is -0.126. The number of aromatic amines is 1. The van der Waals surface area contributed by atoms with E-state index in [-0.39, 0.29) is 24.2 Å². The number of benzene rings is 1. The molecule has 25 heavy (non-hydrogen) atoms. The summed E-state index contributed by atoms with van der Waals surface area (Å²) in [7, 11) is 0. The number of amides is 2. The van der Waals surface area contributed by atoms with Crippen molar-refractivity contribution in [1.82, 2.24) is 15.5 Å². The molecule has 1 atom stereocenters. The Balaban J connectivity index is 1.40. The zero-order chi connectivity index (χ0) is 17.2. The molecule has 7 nitrogen and oxygen atoms in total. The first-order chi connectivity index (χ1) is 12.2. The van der Waals surface area contributed by atoms with Gasteiger partial charge in [-0.1, -0.05) is 12.1 Å². The number of hydrogen-bond acceptors (Lipinski definition) is 4. The number of carbonyl (C=O) groups is 2. The number of nitrogens with one attached hydrogen (secondary N) is 2. The molecule has 2 aromatic rings. The number of para-hydroxylation sites is 1. The second-order valence-corrected chi connectivity index (χ2v) is 6.80. The number of hydrogen-bond donors (Lipinski definition) is 2. The highest BCUT2D eigenvalue weighted by Crippen LogP contribution is 2.29. The Kier molecular flexibility index (Phi) is 4.40. The van der Waals surface area contributed by atoms with Crippen LogP contribution in [0.15, 0.2) is 24.3 Å². The predicted molar refractivity (Wildman–Crippen MR) is 93.1 cm³/mol. The number of nitrogens with zero attached hydrogens (tertiary/aromatic N) is 2. The Labute approximate surface area is 145 Å². The van der Waals surface area contributed by atoms with Crippen LogP contribution in [0.5, 0.6) is 0 Å². The molecule has 0 aliphatic carbocycles. The largest absolute Gasteiger partial charge is 0.381 e. The third-order valence-corrected chi connectivity index (χ3v) is 5.11. The van der Waals surface area contributed by atoms with Gasteiger partial charge in [-0.2, -0.15) is 5.10 Å². The topological polar surface area (TPSA) is 87.3 Å². The molecule has 1 unspecified atom stereocenters. The van der Waals surface area contributed by atoms with Crippen LogP contribution in [0, 0.1) is 11.8 Å². The van der Waals surface area contributed by atoms with Crippen LogP contribution in [0.4, 0.5) is 5.82 Å². The van der Waals surface area contributed by atoms with E-state index in [0.717, 1.165) is 37.0 Å². The lowest BCUT2D eigenvalue weighted by atomic mass is 10.00. The summed E-state index contributed by atoms with van der Waals surface area (Å²) < 4.78 is 5.34. The quantitative estimate of drug-likeness (QED) is 0.881. The third-order valence-electron chi connectivity index (χ3n) is 5.11. The van der Waals surface area contributed by atoms with E-state index in [1.807, 2.05) is 24.3 Å². The van der Waals surface area contributed by atoms with Crippen molar-refractivity contribution in [2.75, 3.05) is 31.2 Å². The summed E-state index contributed by atoms with van der Waals surface area (Å²) in [5, 5.41) is 11.1. The minimum atomic E-state index is -0.317. The van der Waals surface area contributed by atoms with E-state index in [2.05, 4.69) is 15.5 Å². The van der Waals surface area contributed by atoms with Gasteiger partial charge in [0, 0.05) is 38.1 Å². The fraction of sp³-hybridized carbons (Fsp3) is 0.500. The molecule has 4 rings (SSSR count). The highest BCUT2D eigenvalue weighted by molar-refractivity contribution is 6.05. The van der Waals surface area contributed by atoms with E-state index < -0.39 is 0 Å². The van der Waals surface area contributed by atoms with E-state index >= 15 is 0 Å². The summed E-state index contributed by atoms with van der Waals surface area (Å²) in [5.41, 5.74) is 0.887. The molecule has 2 aliphatic rings. The van der Waals surface area contributed by atoms with Crippen LogP contribution in [0.3, 0.4) is 0 Å². The molecule has 0 spiro atoms. The van der Waals surface area contributed by atoms with Crippen LogP contribution < -0.4 is 10.2 Å². The average Bonchev–Trinajstić information content (AvgIpc) is 3.24. The minimum absolute atomic E-state index is 0.0396. The minimum Gasteiger partial charge on any atom is -0.381 e. The first kappa shape index (κ1) is 16.1. The molecule has 0 saturated carbocycles. The Hall–Kier alpha value is -2.41. The smallest absolute Gasteiger partial charge is 0.229 e. The van der Waals surface area contributed by atoms with Gasteiger partial charge in [0.2, 0.25) is 11.8 Å². The van der Waals surface area contributed by atoms with Gasteiger partial charge < -0.3 is 10.1 Å². The standard InChI is InChI=1S/C18H22N4O3/c23-16-9-13(18(24)19-10-12-5-7-25-8-6-12)11-22(16)17-14-3-1-2-4-15(14)20-21-17/h1-4,12-13H,5-11H2,(H,19,24)(H,20,21). The van der Waals surface area contributed by atoms with Crippen molar-refractivity contribution in [2.24, 2.45) is 11.8 Å². The van der Waals surface area contributed by atoms with Crippen LogP contribution in [0.25, 0.3) is 10.9 Å². The van der Waals surface area contributed by atoms with Crippen molar-refractivity contribution in [2.45, 2.75) is 19.3 Å². The number of aromatic nitrogens is 2. The average molecular weight is 342 g/mol. The van der Waals surface area contributed by atoms with Gasteiger partial charge in [0.25, 0.3) is 0 Å². The second kappa shape index (κ2) is 6.84. The molecule has 1 aromatic carbocycles. The maximum atomic E-state index is 12.5. The first-order valence-electron chi connectivity index (χ1n) is 8.81. The predicted octanol–water partition coefficient (Wildman–Crippen LogP) is 1.46. The molecule has 3 heterocycles. The summed E-state index contributed by atoms with van der Waals surface area (Å²) in [6.07, 6.45) is 2.20. The first-order valence-corrected chi connectivity index (χ1v) is 8.81. The van der Waals surface area contributed by atoms with Gasteiger partial charge in [-0.15, -0.1) is 0 Å². The summed E-state index contributed by atoms with van der Waals surface area (Å²) in [6, 6.07) is 7.69.